The zero-order valence-corrected chi connectivity index (χ0v) is 17.9. The molecule has 9 nitrogen and oxygen atoms in total. The fraction of sp³-hybridized carbons (Fsp3) is 0.348. The quantitative estimate of drug-likeness (QED) is 0.608. The van der Waals surface area contributed by atoms with E-state index in [1.165, 1.54) is 21.6 Å². The highest BCUT2D eigenvalue weighted by Crippen LogP contribution is 2.23. The minimum absolute atomic E-state index is 0.0749. The van der Waals surface area contributed by atoms with Crippen LogP contribution in [0.5, 0.6) is 11.5 Å². The second kappa shape index (κ2) is 9.16. The van der Waals surface area contributed by atoms with Gasteiger partial charge in [0.1, 0.15) is 5.75 Å². The van der Waals surface area contributed by atoms with Crippen molar-refractivity contribution in [2.75, 3.05) is 6.61 Å². The Balaban J connectivity index is 1.64. The van der Waals surface area contributed by atoms with Gasteiger partial charge in [-0.2, -0.15) is 10.4 Å². The molecule has 3 heterocycles. The Morgan fingerprint density at radius 3 is 2.81 bits per heavy atom. The van der Waals surface area contributed by atoms with Gasteiger partial charge in [0.2, 0.25) is 5.75 Å². The Bertz CT molecular complexity index is 1300. The number of nitriles is 1. The average Bonchev–Trinajstić information content (AvgIpc) is 2.80. The lowest BCUT2D eigenvalue weighted by Crippen LogP contribution is -2.32. The Morgan fingerprint density at radius 2 is 2.06 bits per heavy atom. The molecule has 1 aliphatic rings. The monoisotopic (exact) mass is 433 g/mol. The number of aromatic nitrogens is 4. The van der Waals surface area contributed by atoms with Crippen molar-refractivity contribution in [1.82, 2.24) is 19.3 Å². The molecule has 0 radical (unpaired) electrons. The average molecular weight is 433 g/mol. The molecule has 1 unspecified atom stereocenters. The third-order valence-corrected chi connectivity index (χ3v) is 5.22. The number of hydrogen-bond donors (Lipinski definition) is 0. The van der Waals surface area contributed by atoms with Crippen molar-refractivity contribution in [2.24, 2.45) is 0 Å². The maximum atomic E-state index is 13.1. The van der Waals surface area contributed by atoms with Crippen LogP contribution in [0.4, 0.5) is 0 Å². The van der Waals surface area contributed by atoms with Crippen LogP contribution in [0.2, 0.25) is 0 Å². The van der Waals surface area contributed by atoms with Crippen molar-refractivity contribution in [3.05, 3.63) is 79.9 Å². The van der Waals surface area contributed by atoms with E-state index in [0.717, 1.165) is 24.8 Å². The lowest BCUT2D eigenvalue weighted by atomic mass is 10.1. The van der Waals surface area contributed by atoms with Gasteiger partial charge in [0.25, 0.3) is 11.1 Å². The van der Waals surface area contributed by atoms with E-state index in [9.17, 15) is 14.9 Å². The molecule has 0 spiro atoms. The molecule has 4 rings (SSSR count). The van der Waals surface area contributed by atoms with E-state index < -0.39 is 6.23 Å². The van der Waals surface area contributed by atoms with Gasteiger partial charge >= 0.3 is 0 Å². The van der Waals surface area contributed by atoms with Crippen molar-refractivity contribution in [3.8, 4) is 17.6 Å². The molecule has 0 bridgehead atoms. The predicted molar refractivity (Wildman–Crippen MR) is 116 cm³/mol. The van der Waals surface area contributed by atoms with E-state index in [2.05, 4.69) is 16.2 Å². The highest BCUT2D eigenvalue weighted by atomic mass is 16.5. The lowest BCUT2D eigenvalue weighted by Gasteiger charge is -2.23. The molecule has 0 saturated carbocycles. The van der Waals surface area contributed by atoms with Crippen LogP contribution in [0.25, 0.3) is 0 Å². The molecule has 1 fully saturated rings. The summed E-state index contributed by atoms with van der Waals surface area (Å²) in [6.45, 7) is 4.24. The summed E-state index contributed by atoms with van der Waals surface area (Å²) in [5.41, 5.74) is 1.62. The van der Waals surface area contributed by atoms with Crippen molar-refractivity contribution < 1.29 is 9.47 Å². The molecule has 0 aliphatic carbocycles. The van der Waals surface area contributed by atoms with E-state index >= 15 is 0 Å². The fourth-order valence-electron chi connectivity index (χ4n) is 3.62. The molecule has 164 valence electrons. The molecule has 0 N–H and O–H groups in total. The molecule has 1 aromatic carbocycles. The zero-order valence-electron chi connectivity index (χ0n) is 17.9. The van der Waals surface area contributed by atoms with Crippen molar-refractivity contribution >= 4 is 0 Å². The molecule has 3 aromatic rings. The summed E-state index contributed by atoms with van der Waals surface area (Å²) in [7, 11) is 0. The van der Waals surface area contributed by atoms with Crippen LogP contribution < -0.4 is 15.9 Å². The van der Waals surface area contributed by atoms with Crippen molar-refractivity contribution in [1.29, 1.82) is 5.26 Å². The first kappa shape index (κ1) is 21.5. The molecule has 1 atom stereocenters. The third kappa shape index (κ3) is 4.60. The summed E-state index contributed by atoms with van der Waals surface area (Å²) < 4.78 is 14.2. The fourth-order valence-corrected chi connectivity index (χ4v) is 3.62. The minimum atomic E-state index is -0.390. The van der Waals surface area contributed by atoms with E-state index in [1.807, 2.05) is 6.92 Å². The van der Waals surface area contributed by atoms with Crippen molar-refractivity contribution in [3.63, 3.8) is 0 Å². The zero-order chi connectivity index (χ0) is 22.7. The van der Waals surface area contributed by atoms with Gasteiger partial charge < -0.3 is 9.47 Å². The van der Waals surface area contributed by atoms with Crippen LogP contribution in [-0.4, -0.2) is 25.9 Å². The van der Waals surface area contributed by atoms with E-state index in [0.29, 0.717) is 29.3 Å². The first-order valence-corrected chi connectivity index (χ1v) is 10.4. The van der Waals surface area contributed by atoms with Crippen LogP contribution >= 0.6 is 0 Å². The van der Waals surface area contributed by atoms with Gasteiger partial charge in [0.15, 0.2) is 6.23 Å². The standard InChI is InChI=1S/C23H23N5O4/c1-15-9-17(12-24)11-19(10-15)32-22-16(2)25-14-27(23(22)30)13-18-6-7-20(29)28(26-18)21-5-3-4-8-31-21/h6-7,9-11,14,21H,3-5,8,13H2,1-2H3. The number of benzene rings is 1. The van der Waals surface area contributed by atoms with E-state index in [-0.39, 0.29) is 23.4 Å². The number of nitrogens with zero attached hydrogens (tertiary/aromatic N) is 5. The molecular formula is C23H23N5O4. The Labute approximate surface area is 184 Å². The summed E-state index contributed by atoms with van der Waals surface area (Å²) in [5.74, 6) is 0.466. The van der Waals surface area contributed by atoms with Crippen LogP contribution in [0.15, 0.2) is 46.2 Å². The van der Waals surface area contributed by atoms with Crippen LogP contribution in [0.1, 0.15) is 48.0 Å². The summed E-state index contributed by atoms with van der Waals surface area (Å²) in [5, 5.41) is 13.6. The maximum absolute atomic E-state index is 13.1. The normalized spacial score (nSPS) is 15.8. The van der Waals surface area contributed by atoms with Gasteiger partial charge in [-0.15, -0.1) is 0 Å². The first-order valence-electron chi connectivity index (χ1n) is 10.4. The number of ether oxygens (including phenoxy) is 2. The molecule has 9 heteroatoms. The van der Waals surface area contributed by atoms with Gasteiger partial charge in [0, 0.05) is 12.7 Å². The lowest BCUT2D eigenvalue weighted by molar-refractivity contribution is -0.0428. The second-order valence-electron chi connectivity index (χ2n) is 7.77. The maximum Gasteiger partial charge on any atom is 0.296 e. The number of hydrogen-bond acceptors (Lipinski definition) is 7. The molecule has 1 aliphatic heterocycles. The molecule has 2 aromatic heterocycles. The van der Waals surface area contributed by atoms with Gasteiger partial charge in [-0.05, 0) is 62.9 Å². The van der Waals surface area contributed by atoms with Gasteiger partial charge in [0.05, 0.1) is 35.9 Å². The number of aryl methyl sites for hydroxylation is 2. The molecular weight excluding hydrogens is 410 g/mol. The Morgan fingerprint density at radius 1 is 1.22 bits per heavy atom. The van der Waals surface area contributed by atoms with Crippen LogP contribution in [0.3, 0.4) is 0 Å². The van der Waals surface area contributed by atoms with Gasteiger partial charge in [-0.3, -0.25) is 14.2 Å². The summed E-state index contributed by atoms with van der Waals surface area (Å²) in [6.07, 6.45) is 3.70. The summed E-state index contributed by atoms with van der Waals surface area (Å²) in [6, 6.07) is 10.2. The summed E-state index contributed by atoms with van der Waals surface area (Å²) >= 11 is 0. The first-order chi connectivity index (χ1) is 15.4. The Kier molecular flexibility index (Phi) is 6.14. The third-order valence-electron chi connectivity index (χ3n) is 5.22. The highest BCUT2D eigenvalue weighted by Gasteiger charge is 2.19. The van der Waals surface area contributed by atoms with Crippen LogP contribution in [0, 0.1) is 25.2 Å². The van der Waals surface area contributed by atoms with Gasteiger partial charge in [-0.1, -0.05) is 0 Å². The summed E-state index contributed by atoms with van der Waals surface area (Å²) in [4.78, 5) is 29.7. The minimum Gasteiger partial charge on any atom is -0.450 e. The number of rotatable bonds is 5. The van der Waals surface area contributed by atoms with E-state index in [4.69, 9.17) is 9.47 Å². The predicted octanol–water partition coefficient (Wildman–Crippen LogP) is 2.83. The largest absolute Gasteiger partial charge is 0.450 e. The molecule has 32 heavy (non-hydrogen) atoms. The topological polar surface area (TPSA) is 112 Å². The van der Waals surface area contributed by atoms with E-state index in [1.54, 1.807) is 31.2 Å². The SMILES string of the molecule is Cc1cc(C#N)cc(Oc2c(C)ncn(Cc3ccc(=O)n(C4CCCCO4)n3)c2=O)c1. The molecule has 0 amide bonds. The van der Waals surface area contributed by atoms with Crippen molar-refractivity contribution in [2.45, 2.75) is 45.9 Å². The molecule has 1 saturated heterocycles. The van der Waals surface area contributed by atoms with Crippen LogP contribution in [-0.2, 0) is 11.3 Å². The Hall–Kier alpha value is -3.77. The second-order valence-corrected chi connectivity index (χ2v) is 7.77. The van der Waals surface area contributed by atoms with Gasteiger partial charge in [-0.25, -0.2) is 9.67 Å². The smallest absolute Gasteiger partial charge is 0.296 e. The highest BCUT2D eigenvalue weighted by molar-refractivity contribution is 5.42.